The number of piperidine rings is 1. The van der Waals surface area contributed by atoms with Crippen LogP contribution >= 0.6 is 0 Å². The predicted octanol–water partition coefficient (Wildman–Crippen LogP) is 2.48. The summed E-state index contributed by atoms with van der Waals surface area (Å²) in [5.74, 6) is 0.965. The van der Waals surface area contributed by atoms with Crippen molar-refractivity contribution in [2.45, 2.75) is 57.8 Å². The molecule has 1 aromatic rings. The molecule has 158 valence electrons. The maximum Gasteiger partial charge on any atom is 0.229 e. The summed E-state index contributed by atoms with van der Waals surface area (Å²) in [5, 5.41) is 0. The lowest BCUT2D eigenvalue weighted by Gasteiger charge is -2.37. The van der Waals surface area contributed by atoms with Crippen molar-refractivity contribution in [1.29, 1.82) is 0 Å². The molecular weight excluding hydrogens is 366 g/mol. The smallest absolute Gasteiger partial charge is 0.229 e. The summed E-state index contributed by atoms with van der Waals surface area (Å²) >= 11 is 0. The first-order valence-electron chi connectivity index (χ1n) is 11.2. The third-order valence-electron chi connectivity index (χ3n) is 6.88. The maximum atomic E-state index is 12.5. The first-order valence-corrected chi connectivity index (χ1v) is 11.2. The molecule has 0 unspecified atom stereocenters. The molecule has 0 bridgehead atoms. The Labute approximate surface area is 173 Å². The van der Waals surface area contributed by atoms with E-state index in [1.54, 1.807) is 17.3 Å². The molecule has 2 aliphatic heterocycles. The van der Waals surface area contributed by atoms with E-state index in [4.69, 9.17) is 0 Å². The van der Waals surface area contributed by atoms with Crippen LogP contribution in [0.25, 0.3) is 0 Å². The second-order valence-electron chi connectivity index (χ2n) is 8.94. The van der Waals surface area contributed by atoms with Gasteiger partial charge in [-0.05, 0) is 43.7 Å². The first kappa shape index (κ1) is 20.3. The van der Waals surface area contributed by atoms with Crippen LogP contribution in [0.3, 0.4) is 0 Å². The van der Waals surface area contributed by atoms with Crippen LogP contribution in [-0.2, 0) is 9.59 Å². The Bertz CT molecular complexity index is 676. The van der Waals surface area contributed by atoms with Crippen molar-refractivity contribution in [3.63, 3.8) is 0 Å². The van der Waals surface area contributed by atoms with E-state index in [1.165, 1.54) is 12.8 Å². The van der Waals surface area contributed by atoms with Crippen molar-refractivity contribution < 1.29 is 9.59 Å². The second kappa shape index (κ2) is 9.20. The zero-order valence-electron chi connectivity index (χ0n) is 17.4. The van der Waals surface area contributed by atoms with Gasteiger partial charge in [0.1, 0.15) is 0 Å². The van der Waals surface area contributed by atoms with Gasteiger partial charge in [-0.2, -0.15) is 0 Å². The van der Waals surface area contributed by atoms with E-state index in [1.807, 2.05) is 6.07 Å². The van der Waals surface area contributed by atoms with Crippen molar-refractivity contribution in [3.8, 4) is 0 Å². The highest BCUT2D eigenvalue weighted by molar-refractivity contribution is 5.98. The zero-order valence-corrected chi connectivity index (χ0v) is 17.4. The summed E-state index contributed by atoms with van der Waals surface area (Å²) in [6.45, 7) is 5.67. The molecule has 3 fully saturated rings. The van der Waals surface area contributed by atoms with Gasteiger partial charge in [-0.15, -0.1) is 0 Å². The number of carbonyl (C=O) groups excluding carboxylic acids is 2. The van der Waals surface area contributed by atoms with Gasteiger partial charge in [0.05, 0.1) is 0 Å². The fourth-order valence-corrected chi connectivity index (χ4v) is 5.17. The maximum absolute atomic E-state index is 12.5. The molecule has 0 radical (unpaired) electrons. The normalized spacial score (nSPS) is 22.6. The minimum Gasteiger partial charge on any atom is -0.338 e. The van der Waals surface area contributed by atoms with Gasteiger partial charge < -0.3 is 4.90 Å². The third kappa shape index (κ3) is 4.94. The minimum atomic E-state index is 0.0115. The highest BCUT2D eigenvalue weighted by Crippen LogP contribution is 2.46. The van der Waals surface area contributed by atoms with Crippen molar-refractivity contribution >= 4 is 17.8 Å². The number of piperazine rings is 1. The van der Waals surface area contributed by atoms with Gasteiger partial charge in [-0.25, -0.2) is 9.97 Å². The molecule has 0 aromatic carbocycles. The number of carbonyl (C=O) groups is 2. The molecule has 2 amide bonds. The van der Waals surface area contributed by atoms with Crippen molar-refractivity contribution in [3.05, 3.63) is 18.5 Å². The number of amides is 2. The van der Waals surface area contributed by atoms with Crippen LogP contribution in [0.15, 0.2) is 18.5 Å². The number of imide groups is 1. The Morgan fingerprint density at radius 3 is 2.10 bits per heavy atom. The quantitative estimate of drug-likeness (QED) is 0.518. The average molecular weight is 400 g/mol. The third-order valence-corrected chi connectivity index (χ3v) is 6.88. The molecule has 3 heterocycles. The Balaban J connectivity index is 1.11. The summed E-state index contributed by atoms with van der Waals surface area (Å²) in [4.78, 5) is 39.9. The van der Waals surface area contributed by atoms with E-state index in [2.05, 4.69) is 19.8 Å². The van der Waals surface area contributed by atoms with E-state index in [0.717, 1.165) is 70.8 Å². The summed E-state index contributed by atoms with van der Waals surface area (Å²) in [6, 6.07) is 1.84. The Hall–Kier alpha value is -2.02. The van der Waals surface area contributed by atoms with Crippen LogP contribution in [0, 0.1) is 5.41 Å². The fourth-order valence-electron chi connectivity index (χ4n) is 5.17. The number of nitrogens with zero attached hydrogens (tertiary/aromatic N) is 5. The van der Waals surface area contributed by atoms with Gasteiger partial charge in [-0.1, -0.05) is 19.3 Å². The van der Waals surface area contributed by atoms with Crippen molar-refractivity contribution in [2.24, 2.45) is 5.41 Å². The summed E-state index contributed by atoms with van der Waals surface area (Å²) in [5.41, 5.74) is 0.0115. The Kier molecular flexibility index (Phi) is 6.43. The number of unbranched alkanes of at least 4 members (excludes halogenated alkanes) is 2. The minimum absolute atomic E-state index is 0.0115. The number of anilines is 1. The average Bonchev–Trinajstić information content (AvgIpc) is 3.18. The van der Waals surface area contributed by atoms with Gasteiger partial charge in [0, 0.05) is 58.0 Å². The van der Waals surface area contributed by atoms with Gasteiger partial charge >= 0.3 is 0 Å². The summed E-state index contributed by atoms with van der Waals surface area (Å²) < 4.78 is 0. The molecule has 1 spiro atoms. The fraction of sp³-hybridized carbons (Fsp3) is 0.727. The lowest BCUT2D eigenvalue weighted by Crippen LogP contribution is -2.47. The van der Waals surface area contributed by atoms with E-state index in [-0.39, 0.29) is 17.2 Å². The van der Waals surface area contributed by atoms with Crippen LogP contribution in [-0.4, -0.2) is 70.9 Å². The highest BCUT2D eigenvalue weighted by Gasteiger charge is 2.44. The number of likely N-dealkylation sites (tertiary alicyclic amines) is 1. The van der Waals surface area contributed by atoms with Crippen LogP contribution in [0.5, 0.6) is 0 Å². The van der Waals surface area contributed by atoms with E-state index in [9.17, 15) is 9.59 Å². The number of hydrogen-bond acceptors (Lipinski definition) is 6. The van der Waals surface area contributed by atoms with Crippen molar-refractivity contribution in [1.82, 2.24) is 19.8 Å². The molecule has 0 atom stereocenters. The Morgan fingerprint density at radius 1 is 0.828 bits per heavy atom. The molecule has 29 heavy (non-hydrogen) atoms. The van der Waals surface area contributed by atoms with Gasteiger partial charge in [0.25, 0.3) is 0 Å². The van der Waals surface area contributed by atoms with Crippen LogP contribution in [0.2, 0.25) is 0 Å². The van der Waals surface area contributed by atoms with Crippen LogP contribution < -0.4 is 4.90 Å². The number of aromatic nitrogens is 2. The Morgan fingerprint density at radius 2 is 1.45 bits per heavy atom. The SMILES string of the molecule is O=C1CC2(CCCC2)CC(=O)N1CCCCCN1CCN(c2ncccn2)CC1. The topological polar surface area (TPSA) is 69.6 Å². The summed E-state index contributed by atoms with van der Waals surface area (Å²) in [6.07, 6.45) is 12.3. The van der Waals surface area contributed by atoms with E-state index in [0.29, 0.717) is 19.4 Å². The number of rotatable bonds is 7. The molecule has 0 N–H and O–H groups in total. The molecular formula is C22H33N5O2. The van der Waals surface area contributed by atoms with Crippen LogP contribution in [0.4, 0.5) is 5.95 Å². The molecule has 7 nitrogen and oxygen atoms in total. The molecule has 1 aliphatic carbocycles. The predicted molar refractivity (Wildman–Crippen MR) is 111 cm³/mol. The molecule has 4 rings (SSSR count). The standard InChI is InChI=1S/C22H33N5O2/c28-19-17-22(7-2-3-8-22)18-20(29)27(19)12-5-1-4-11-25-13-15-26(16-14-25)21-23-9-6-10-24-21/h6,9-10H,1-5,7-8,11-18H2. The second-order valence-corrected chi connectivity index (χ2v) is 8.94. The van der Waals surface area contributed by atoms with E-state index >= 15 is 0 Å². The first-order chi connectivity index (χ1) is 14.2. The van der Waals surface area contributed by atoms with Crippen molar-refractivity contribution in [2.75, 3.05) is 44.2 Å². The largest absolute Gasteiger partial charge is 0.338 e. The summed E-state index contributed by atoms with van der Waals surface area (Å²) in [7, 11) is 0. The van der Waals surface area contributed by atoms with Crippen LogP contribution in [0.1, 0.15) is 57.8 Å². The monoisotopic (exact) mass is 399 g/mol. The zero-order chi connectivity index (χ0) is 20.1. The molecule has 1 saturated carbocycles. The highest BCUT2D eigenvalue weighted by atomic mass is 16.2. The van der Waals surface area contributed by atoms with E-state index < -0.39 is 0 Å². The van der Waals surface area contributed by atoms with Gasteiger partial charge in [-0.3, -0.25) is 19.4 Å². The molecule has 7 heteroatoms. The lowest BCUT2D eigenvalue weighted by molar-refractivity contribution is -0.153. The lowest BCUT2D eigenvalue weighted by atomic mass is 9.76. The number of hydrogen-bond donors (Lipinski definition) is 0. The van der Waals surface area contributed by atoms with Gasteiger partial charge in [0.2, 0.25) is 17.8 Å². The molecule has 3 aliphatic rings. The van der Waals surface area contributed by atoms with Gasteiger partial charge in [0.15, 0.2) is 0 Å². The molecule has 1 aromatic heterocycles. The molecule has 2 saturated heterocycles.